The number of hydrogen-bond donors (Lipinski definition) is 0. The Hall–Kier alpha value is -7.87. The molecule has 0 aromatic carbocycles. The van der Waals surface area contributed by atoms with Gasteiger partial charge < -0.3 is 0 Å². The molecule has 0 saturated carbocycles. The fourth-order valence-electron chi connectivity index (χ4n) is 4.29. The van der Waals surface area contributed by atoms with Gasteiger partial charge in [-0.2, -0.15) is 65.9 Å². The number of esters is 3. The van der Waals surface area contributed by atoms with Crippen molar-refractivity contribution in [1.82, 2.24) is 0 Å². The molecule has 0 aliphatic carbocycles. The molecule has 2 unspecified atom stereocenters. The molecule has 0 aliphatic rings. The van der Waals surface area contributed by atoms with E-state index in [9.17, 15) is 121 Å². The molecule has 0 saturated heterocycles. The van der Waals surface area contributed by atoms with E-state index in [-0.39, 0.29) is 0 Å². The Labute approximate surface area is 362 Å². The minimum Gasteiger partial charge on any atom is -0.229 e. The van der Waals surface area contributed by atoms with E-state index in [0.717, 1.165) is 0 Å². The Balaban J connectivity index is 8.56. The van der Waals surface area contributed by atoms with E-state index in [1.165, 1.54) is 0 Å². The molecular weight excluding hydrogens is 1530 g/mol. The summed E-state index contributed by atoms with van der Waals surface area (Å²) in [4.78, 5) is 60.1. The van der Waals surface area contributed by atoms with Crippen LogP contribution in [-0.4, -0.2) is 127 Å². The Morgan fingerprint density at radius 1 is 0.386 bits per heavy atom. The van der Waals surface area contributed by atoms with Gasteiger partial charge in [-0.1, -0.05) is 0 Å². The molecule has 410 valence electrons. The van der Waals surface area contributed by atoms with Crippen molar-refractivity contribution in [1.29, 1.82) is 0 Å². The summed E-state index contributed by atoms with van der Waals surface area (Å²) in [6.45, 7) is -29.2. The van der Waals surface area contributed by atoms with Crippen LogP contribution >= 0.6 is 0 Å². The molecule has 12 nitrogen and oxygen atoms in total. The molecule has 0 radical (unpaired) electrons. The van der Waals surface area contributed by atoms with Gasteiger partial charge in [-0.3, -0.25) is 0 Å². The zero-order chi connectivity index (χ0) is 55.2. The molecule has 2 atom stereocenters. The number of halogens is 24. The molecule has 0 spiro atoms. The van der Waals surface area contributed by atoms with Crippen molar-refractivity contribution in [3.05, 3.63) is 47.1 Å². The molecular formula is C32H22Cf2F24O12. The summed E-state index contributed by atoms with van der Waals surface area (Å²) < 4.78 is 350. The van der Waals surface area contributed by atoms with Crippen molar-refractivity contribution in [3.8, 4) is 0 Å². The van der Waals surface area contributed by atoms with Gasteiger partial charge in [-0.05, 0) is 13.8 Å². The molecule has 0 rings (SSSR count). The van der Waals surface area contributed by atoms with E-state index in [1.54, 1.807) is 0 Å². The summed E-state index contributed by atoms with van der Waals surface area (Å²) in [5.41, 5.74) is -23.4. The van der Waals surface area contributed by atoms with Gasteiger partial charge in [0.05, 0.1) is 0 Å². The first kappa shape index (κ1) is 62.1. The smallest absolute Gasteiger partial charge is 0.229 e. The molecule has 0 bridgehead atoms. The van der Waals surface area contributed by atoms with Crippen LogP contribution in [0.4, 0.5) is 115 Å². The summed E-state index contributed by atoms with van der Waals surface area (Å²) >= 11 is 0. The first-order chi connectivity index (χ1) is 31.5. The van der Waals surface area contributed by atoms with Crippen LogP contribution in [0.5, 0.6) is 0 Å². The topological polar surface area (TPSA) is 150 Å². The molecule has 70 heavy (non-hydrogen) atoms. The van der Waals surface area contributed by atoms with Crippen molar-refractivity contribution in [2.75, 3.05) is 52.9 Å². The Bertz CT molecular complexity index is 2000. The van der Waals surface area contributed by atoms with Gasteiger partial charge in [0.1, 0.15) is 0 Å². The monoisotopic (exact) mass is 1550 g/mol. The minimum atomic E-state index is -7.04. The van der Waals surface area contributed by atoms with Crippen LogP contribution in [0, 0.1) is 10.8 Å². The third-order valence-corrected chi connectivity index (χ3v) is 10.4. The Kier molecular flexibility index (Phi) is 21.2. The minimum absolute atomic E-state index is 1.15. The first-order valence-electron chi connectivity index (χ1n) is 16.6. The number of ether oxygens (including phenoxy) is 7. The van der Waals surface area contributed by atoms with E-state index in [4.69, 9.17) is 4.74 Å². The second-order valence-electron chi connectivity index (χ2n) is 13.0. The summed E-state index contributed by atoms with van der Waals surface area (Å²) in [6, 6.07) is 0. The standard InChI is InChI=1S/C30H22F20O12.2CF2.2Cf/c1-24(40,29(45,46)47)16(25(2,41)30(48,49)50)17(28(42,43)44)59-7-27(9-61-22(54)14(32)19(36)37,10-62-23(55)15(33)20(38)39)4-56-3-26(5-57-11-51,6-58-12-52)8-60-21(53)13(31)18(34)35;2*2-1-3;;/h3-10H2,1-2H3;;;;. The summed E-state index contributed by atoms with van der Waals surface area (Å²) in [5, 5.41) is 0. The second kappa shape index (κ2) is 23.9. The van der Waals surface area contributed by atoms with Gasteiger partial charge in [0.25, 0.3) is 0 Å². The molecule has 0 N–H and O–H groups in total. The fraction of sp³-hybridized carbons (Fsp3) is 0.531. The summed E-state index contributed by atoms with van der Waals surface area (Å²) in [5.74, 6) is -22.5. The number of hydrogen-bond acceptors (Lipinski definition) is 12. The maximum atomic E-state index is 15.3. The molecule has 0 fully saturated rings. The molecule has 0 amide bonds. The van der Waals surface area contributed by atoms with Crippen LogP contribution in [0.25, 0.3) is 0 Å². The van der Waals surface area contributed by atoms with Crippen molar-refractivity contribution in [2.24, 2.45) is 10.8 Å². The molecule has 0 heterocycles. The van der Waals surface area contributed by atoms with Crippen molar-refractivity contribution < 1.29 is 163 Å². The number of carbonyl (C=O) groups is 5. The van der Waals surface area contributed by atoms with Crippen molar-refractivity contribution >= 4 is 44.7 Å². The third-order valence-electron chi connectivity index (χ3n) is 7.61. The van der Waals surface area contributed by atoms with E-state index in [1.807, 2.05) is 0 Å². The van der Waals surface area contributed by atoms with Gasteiger partial charge in [0.15, 0.2) is 0 Å². The second-order valence-corrected chi connectivity index (χ2v) is 18.4. The van der Waals surface area contributed by atoms with Crippen LogP contribution in [0.3, 0.4) is 0 Å². The molecule has 38 heteroatoms. The van der Waals surface area contributed by atoms with E-state index in [2.05, 4.69) is 28.4 Å². The van der Waals surface area contributed by atoms with E-state index < -0.39 is 199 Å². The number of allylic oxidation sites excluding steroid dienone is 2. The van der Waals surface area contributed by atoms with Gasteiger partial charge in [0.2, 0.25) is 11.3 Å². The number of rotatable bonds is 24. The van der Waals surface area contributed by atoms with Gasteiger partial charge in [-0.15, -0.1) is 0 Å². The van der Waals surface area contributed by atoms with Crippen LogP contribution in [-0.2, 0) is 47.5 Å². The molecule has 0 aromatic heterocycles. The van der Waals surface area contributed by atoms with Gasteiger partial charge >= 0.3 is 262 Å². The van der Waals surface area contributed by atoms with Gasteiger partial charge in [0, 0.05) is 0 Å². The normalized spacial score (nSPS) is 13.6. The molecule has 0 aromatic rings. The predicted molar refractivity (Wildman–Crippen MR) is 167 cm³/mol. The van der Waals surface area contributed by atoms with Gasteiger partial charge in [-0.25, -0.2) is 8.78 Å². The predicted octanol–water partition coefficient (Wildman–Crippen LogP) is 9.75. The van der Waals surface area contributed by atoms with Crippen molar-refractivity contribution in [3.63, 3.8) is 0 Å². The third kappa shape index (κ3) is 18.0. The first-order valence-corrected chi connectivity index (χ1v) is 21.8. The Morgan fingerprint density at radius 3 is 0.871 bits per heavy atom. The van der Waals surface area contributed by atoms with Crippen LogP contribution in [0.1, 0.15) is 13.8 Å². The summed E-state index contributed by atoms with van der Waals surface area (Å²) in [7, 11) is 0. The number of carbonyl (C=O) groups excluding carboxylic acids is 5. The SMILES string of the molecule is CC(F)(C(=C(OCC(COCC(CO[C](=O)[Cf]=[C](F)F)(CO[C](=O)[Cf]=[C](F)F)COC(=O)C(F)=C(F)F)(COC(=O)C(F)=C(F)F)COC(=O)C(F)=C(F)F)C(F)(F)F)C(C)(F)C(F)(F)F)C(F)(F)F. The molecule has 0 aliphatic heterocycles. The van der Waals surface area contributed by atoms with Crippen LogP contribution < -0.4 is 0 Å². The van der Waals surface area contributed by atoms with E-state index in [0.29, 0.717) is 0 Å². The summed E-state index contributed by atoms with van der Waals surface area (Å²) in [6.07, 6.45) is -31.8. The average Bonchev–Trinajstić information content (AvgIpc) is 3.20. The van der Waals surface area contributed by atoms with E-state index >= 15 is 8.78 Å². The maximum absolute atomic E-state index is 15.3. The quantitative estimate of drug-likeness (QED) is 0.0298. The van der Waals surface area contributed by atoms with Crippen LogP contribution in [0.15, 0.2) is 47.1 Å². The van der Waals surface area contributed by atoms with Crippen LogP contribution in [0.2, 0.25) is 0 Å². The zero-order valence-electron chi connectivity index (χ0n) is 33.3. The zero-order valence-corrected chi connectivity index (χ0v) is 38.5. The Morgan fingerprint density at radius 2 is 0.643 bits per heavy atom. The average molecular weight is 1560 g/mol. The fourth-order valence-corrected chi connectivity index (χ4v) is 5.86. The van der Waals surface area contributed by atoms with Crippen molar-refractivity contribution in [2.45, 2.75) is 43.7 Å². The number of alkyl halides is 11.